The maximum Gasteiger partial charge on any atom is 0.307 e. The molecular weight excluding hydrogens is 258 g/mol. The summed E-state index contributed by atoms with van der Waals surface area (Å²) in [5, 5.41) is 0. The highest BCUT2D eigenvalue weighted by atomic mass is 16.5. The van der Waals surface area contributed by atoms with E-state index in [-0.39, 0.29) is 5.97 Å². The van der Waals surface area contributed by atoms with Crippen LogP contribution in [0.4, 0.5) is 0 Å². The number of likely N-dealkylation sites (N-methyl/N-ethyl adjacent to an activating group) is 2. The highest BCUT2D eigenvalue weighted by molar-refractivity contribution is 5.69. The standard InChI is InChI=1S/C14H29N3O3/c1-15(2)6-7-16(3)5-4-14(18)20-13-10-17-8-11-19-12-9-17/h4-13H2,1-3H3. The Labute approximate surface area is 122 Å². The molecule has 0 saturated carbocycles. The largest absolute Gasteiger partial charge is 0.464 e. The molecule has 1 aliphatic heterocycles. The quantitative estimate of drug-likeness (QED) is 0.545. The van der Waals surface area contributed by atoms with Gasteiger partial charge in [-0.05, 0) is 21.1 Å². The van der Waals surface area contributed by atoms with E-state index >= 15 is 0 Å². The van der Waals surface area contributed by atoms with Crippen molar-refractivity contribution >= 4 is 5.97 Å². The molecule has 1 aliphatic rings. The first-order chi connectivity index (χ1) is 9.58. The van der Waals surface area contributed by atoms with Gasteiger partial charge in [0.25, 0.3) is 0 Å². The number of nitrogens with zero attached hydrogens (tertiary/aromatic N) is 3. The Balaban J connectivity index is 1.99. The maximum absolute atomic E-state index is 11.6. The molecule has 0 aromatic heterocycles. The molecule has 0 amide bonds. The zero-order valence-corrected chi connectivity index (χ0v) is 13.1. The van der Waals surface area contributed by atoms with Gasteiger partial charge in [0, 0.05) is 39.3 Å². The summed E-state index contributed by atoms with van der Waals surface area (Å²) in [5.41, 5.74) is 0. The molecule has 0 aromatic carbocycles. The van der Waals surface area contributed by atoms with Crippen molar-refractivity contribution in [1.29, 1.82) is 0 Å². The molecule has 0 N–H and O–H groups in total. The molecule has 0 unspecified atom stereocenters. The van der Waals surface area contributed by atoms with Crippen molar-refractivity contribution in [3.63, 3.8) is 0 Å². The lowest BCUT2D eigenvalue weighted by atomic mass is 10.4. The molecule has 6 nitrogen and oxygen atoms in total. The lowest BCUT2D eigenvalue weighted by Gasteiger charge is -2.26. The predicted molar refractivity (Wildman–Crippen MR) is 78.9 cm³/mol. The predicted octanol–water partition coefficient (Wildman–Crippen LogP) is -0.255. The third kappa shape index (κ3) is 8.47. The summed E-state index contributed by atoms with van der Waals surface area (Å²) >= 11 is 0. The number of hydrogen-bond acceptors (Lipinski definition) is 6. The number of rotatable bonds is 9. The zero-order valence-electron chi connectivity index (χ0n) is 13.1. The molecular formula is C14H29N3O3. The number of esters is 1. The highest BCUT2D eigenvalue weighted by Gasteiger charge is 2.11. The monoisotopic (exact) mass is 287 g/mol. The molecule has 1 heterocycles. The van der Waals surface area contributed by atoms with E-state index in [2.05, 4.69) is 14.7 Å². The van der Waals surface area contributed by atoms with Crippen molar-refractivity contribution < 1.29 is 14.3 Å². The van der Waals surface area contributed by atoms with Crippen molar-refractivity contribution in [3.05, 3.63) is 0 Å². The van der Waals surface area contributed by atoms with Gasteiger partial charge in [-0.1, -0.05) is 0 Å². The van der Waals surface area contributed by atoms with Gasteiger partial charge in [0.05, 0.1) is 19.6 Å². The first kappa shape index (κ1) is 17.4. The van der Waals surface area contributed by atoms with Crippen LogP contribution in [0.5, 0.6) is 0 Å². The van der Waals surface area contributed by atoms with E-state index in [1.54, 1.807) is 0 Å². The number of ether oxygens (including phenoxy) is 2. The first-order valence-electron chi connectivity index (χ1n) is 7.37. The van der Waals surface area contributed by atoms with Crippen LogP contribution in [0.25, 0.3) is 0 Å². The Morgan fingerprint density at radius 1 is 1.15 bits per heavy atom. The highest BCUT2D eigenvalue weighted by Crippen LogP contribution is 1.97. The summed E-state index contributed by atoms with van der Waals surface area (Å²) in [6.45, 7) is 7.46. The van der Waals surface area contributed by atoms with E-state index < -0.39 is 0 Å². The van der Waals surface area contributed by atoms with Crippen molar-refractivity contribution in [2.45, 2.75) is 6.42 Å². The Morgan fingerprint density at radius 2 is 1.85 bits per heavy atom. The normalized spacial score (nSPS) is 16.9. The van der Waals surface area contributed by atoms with Gasteiger partial charge in [0.15, 0.2) is 0 Å². The second kappa shape index (κ2) is 10.1. The zero-order chi connectivity index (χ0) is 14.8. The van der Waals surface area contributed by atoms with E-state index in [9.17, 15) is 4.79 Å². The molecule has 1 rings (SSSR count). The topological polar surface area (TPSA) is 45.2 Å². The van der Waals surface area contributed by atoms with Crippen LogP contribution >= 0.6 is 0 Å². The minimum Gasteiger partial charge on any atom is -0.464 e. The van der Waals surface area contributed by atoms with Gasteiger partial charge < -0.3 is 19.3 Å². The molecule has 0 aliphatic carbocycles. The summed E-state index contributed by atoms with van der Waals surface area (Å²) in [6, 6.07) is 0. The lowest BCUT2D eigenvalue weighted by Crippen LogP contribution is -2.38. The van der Waals surface area contributed by atoms with E-state index in [0.29, 0.717) is 13.0 Å². The Bertz CT molecular complexity index is 268. The Hall–Kier alpha value is -0.690. The molecule has 0 atom stereocenters. The minimum absolute atomic E-state index is 0.102. The third-order valence-electron chi connectivity index (χ3n) is 3.40. The average molecular weight is 287 g/mol. The molecule has 0 spiro atoms. The van der Waals surface area contributed by atoms with E-state index in [4.69, 9.17) is 9.47 Å². The third-order valence-corrected chi connectivity index (χ3v) is 3.40. The number of hydrogen-bond donors (Lipinski definition) is 0. The van der Waals surface area contributed by atoms with Gasteiger partial charge in [-0.15, -0.1) is 0 Å². The van der Waals surface area contributed by atoms with Crippen molar-refractivity contribution in [2.75, 3.05) is 80.2 Å². The Kier molecular flexibility index (Phi) is 8.77. The van der Waals surface area contributed by atoms with Crippen molar-refractivity contribution in [2.24, 2.45) is 0 Å². The number of carbonyl (C=O) groups excluding carboxylic acids is 1. The van der Waals surface area contributed by atoms with Crippen LogP contribution in [0.15, 0.2) is 0 Å². The number of carbonyl (C=O) groups is 1. The molecule has 0 bridgehead atoms. The molecule has 0 radical (unpaired) electrons. The molecule has 6 heteroatoms. The van der Waals surface area contributed by atoms with Crippen LogP contribution in [0, 0.1) is 0 Å². The fourth-order valence-corrected chi connectivity index (χ4v) is 1.95. The fraction of sp³-hybridized carbons (Fsp3) is 0.929. The first-order valence-corrected chi connectivity index (χ1v) is 7.37. The second-order valence-corrected chi connectivity index (χ2v) is 5.53. The van der Waals surface area contributed by atoms with Crippen LogP contribution < -0.4 is 0 Å². The van der Waals surface area contributed by atoms with Crippen molar-refractivity contribution in [3.8, 4) is 0 Å². The van der Waals surface area contributed by atoms with E-state index in [1.807, 2.05) is 21.1 Å². The lowest BCUT2D eigenvalue weighted by molar-refractivity contribution is -0.144. The summed E-state index contributed by atoms with van der Waals surface area (Å²) in [4.78, 5) is 18.2. The van der Waals surface area contributed by atoms with Crippen LogP contribution in [0.3, 0.4) is 0 Å². The van der Waals surface area contributed by atoms with E-state index in [0.717, 1.165) is 52.5 Å². The summed E-state index contributed by atoms with van der Waals surface area (Å²) < 4.78 is 10.5. The smallest absolute Gasteiger partial charge is 0.307 e. The van der Waals surface area contributed by atoms with Crippen LogP contribution in [0.1, 0.15) is 6.42 Å². The molecule has 118 valence electrons. The van der Waals surface area contributed by atoms with E-state index in [1.165, 1.54) is 0 Å². The molecule has 1 fully saturated rings. The van der Waals surface area contributed by atoms with Crippen LogP contribution in [-0.2, 0) is 14.3 Å². The summed E-state index contributed by atoms with van der Waals surface area (Å²) in [5.74, 6) is -0.102. The van der Waals surface area contributed by atoms with Gasteiger partial charge >= 0.3 is 5.97 Å². The fourth-order valence-electron chi connectivity index (χ4n) is 1.95. The summed E-state index contributed by atoms with van der Waals surface area (Å²) in [7, 11) is 6.13. The molecule has 0 aromatic rings. The number of morpholine rings is 1. The Morgan fingerprint density at radius 3 is 2.50 bits per heavy atom. The average Bonchev–Trinajstić information content (AvgIpc) is 2.44. The molecule has 20 heavy (non-hydrogen) atoms. The van der Waals surface area contributed by atoms with Gasteiger partial charge in [-0.2, -0.15) is 0 Å². The van der Waals surface area contributed by atoms with Crippen LogP contribution in [-0.4, -0.2) is 101 Å². The van der Waals surface area contributed by atoms with Gasteiger partial charge in [-0.3, -0.25) is 9.69 Å². The van der Waals surface area contributed by atoms with Gasteiger partial charge in [0.2, 0.25) is 0 Å². The van der Waals surface area contributed by atoms with Crippen LogP contribution in [0.2, 0.25) is 0 Å². The SMILES string of the molecule is CN(C)CCN(C)CCC(=O)OCCN1CCOCC1. The van der Waals surface area contributed by atoms with Crippen molar-refractivity contribution in [1.82, 2.24) is 14.7 Å². The molecule has 1 saturated heterocycles. The van der Waals surface area contributed by atoms with Gasteiger partial charge in [0.1, 0.15) is 6.61 Å². The van der Waals surface area contributed by atoms with Gasteiger partial charge in [-0.25, -0.2) is 0 Å². The maximum atomic E-state index is 11.6. The summed E-state index contributed by atoms with van der Waals surface area (Å²) in [6.07, 6.45) is 0.465. The second-order valence-electron chi connectivity index (χ2n) is 5.53. The minimum atomic E-state index is -0.102.